The van der Waals surface area contributed by atoms with Gasteiger partial charge in [-0.3, -0.25) is 4.79 Å². The number of aromatic nitrogens is 2. The largest absolute Gasteiger partial charge is 0.419 e. The van der Waals surface area contributed by atoms with Crippen LogP contribution in [0.3, 0.4) is 0 Å². The molecule has 2 aromatic rings. The van der Waals surface area contributed by atoms with Crippen LogP contribution >= 0.6 is 0 Å². The average molecular weight is 245 g/mol. The van der Waals surface area contributed by atoms with Gasteiger partial charge in [-0.1, -0.05) is 25.1 Å². The van der Waals surface area contributed by atoms with E-state index in [1.54, 1.807) is 6.92 Å². The average Bonchev–Trinajstić information content (AvgIpc) is 2.85. The van der Waals surface area contributed by atoms with Crippen molar-refractivity contribution in [1.82, 2.24) is 15.5 Å². The first-order valence-electron chi connectivity index (χ1n) is 5.85. The molecule has 1 aromatic carbocycles. The predicted octanol–water partition coefficient (Wildman–Crippen LogP) is 2.07. The number of carbonyl (C=O) groups is 1. The molecule has 1 amide bonds. The zero-order valence-electron chi connectivity index (χ0n) is 10.4. The summed E-state index contributed by atoms with van der Waals surface area (Å²) in [5.41, 5.74) is 1.99. The molecule has 0 bridgehead atoms. The highest BCUT2D eigenvalue weighted by Crippen LogP contribution is 2.21. The van der Waals surface area contributed by atoms with E-state index in [2.05, 4.69) is 15.5 Å². The van der Waals surface area contributed by atoms with E-state index in [4.69, 9.17) is 4.42 Å². The molecule has 1 N–H and O–H groups in total. The molecule has 0 aliphatic heterocycles. The molecule has 5 nitrogen and oxygen atoms in total. The van der Waals surface area contributed by atoms with Gasteiger partial charge < -0.3 is 9.73 Å². The summed E-state index contributed by atoms with van der Waals surface area (Å²) in [5.74, 6) is 0.856. The Labute approximate surface area is 105 Å². The summed E-state index contributed by atoms with van der Waals surface area (Å²) in [4.78, 5) is 11.1. The molecule has 1 aromatic heterocycles. The molecular weight excluding hydrogens is 230 g/mol. The van der Waals surface area contributed by atoms with E-state index in [0.717, 1.165) is 11.1 Å². The Morgan fingerprint density at radius 2 is 2.11 bits per heavy atom. The Bertz CT molecular complexity index is 549. The minimum atomic E-state index is -0.0364. The van der Waals surface area contributed by atoms with Crippen molar-refractivity contribution in [2.75, 3.05) is 0 Å². The topological polar surface area (TPSA) is 68.0 Å². The van der Waals surface area contributed by atoms with Crippen molar-refractivity contribution in [1.29, 1.82) is 0 Å². The van der Waals surface area contributed by atoms with Crippen molar-refractivity contribution < 1.29 is 9.21 Å². The lowest BCUT2D eigenvalue weighted by atomic mass is 10.1. The fraction of sp³-hybridized carbons (Fsp3) is 0.308. The highest BCUT2D eigenvalue weighted by atomic mass is 16.4. The van der Waals surface area contributed by atoms with Gasteiger partial charge in [0.1, 0.15) is 0 Å². The van der Waals surface area contributed by atoms with E-state index in [9.17, 15) is 4.79 Å². The van der Waals surface area contributed by atoms with Gasteiger partial charge in [0.05, 0.1) is 6.54 Å². The smallest absolute Gasteiger partial charge is 0.248 e. The molecule has 5 heteroatoms. The molecule has 0 aliphatic carbocycles. The summed E-state index contributed by atoms with van der Waals surface area (Å²) < 4.78 is 5.51. The zero-order chi connectivity index (χ0) is 13.0. The van der Waals surface area contributed by atoms with Gasteiger partial charge in [0.25, 0.3) is 0 Å². The molecule has 0 saturated heterocycles. The lowest BCUT2D eigenvalue weighted by molar-refractivity contribution is -0.121. The van der Waals surface area contributed by atoms with Crippen LogP contribution in [0.2, 0.25) is 0 Å². The van der Waals surface area contributed by atoms with Crippen molar-refractivity contribution in [2.45, 2.75) is 26.8 Å². The van der Waals surface area contributed by atoms with Gasteiger partial charge in [0, 0.05) is 12.0 Å². The number of nitrogens with one attached hydrogen (secondary N) is 1. The minimum absolute atomic E-state index is 0.0364. The number of hydrogen-bond donors (Lipinski definition) is 1. The standard InChI is InChI=1S/C13H15N3O2/c1-3-11(17)14-8-12-15-16-13(18-12)10-7-5-4-6-9(10)2/h4-7H,3,8H2,1-2H3,(H,14,17). The Balaban J connectivity index is 2.11. The van der Waals surface area contributed by atoms with Gasteiger partial charge in [0.15, 0.2) is 0 Å². The van der Waals surface area contributed by atoms with Crippen LogP contribution < -0.4 is 5.32 Å². The van der Waals surface area contributed by atoms with E-state index < -0.39 is 0 Å². The molecule has 0 radical (unpaired) electrons. The van der Waals surface area contributed by atoms with E-state index >= 15 is 0 Å². The minimum Gasteiger partial charge on any atom is -0.419 e. The molecule has 0 spiro atoms. The Kier molecular flexibility index (Phi) is 3.72. The fourth-order valence-electron chi connectivity index (χ4n) is 1.55. The molecule has 0 saturated carbocycles. The molecule has 0 atom stereocenters. The number of benzene rings is 1. The third kappa shape index (κ3) is 2.74. The van der Waals surface area contributed by atoms with Gasteiger partial charge in [-0.2, -0.15) is 0 Å². The van der Waals surface area contributed by atoms with Crippen LogP contribution in [-0.2, 0) is 11.3 Å². The maximum Gasteiger partial charge on any atom is 0.248 e. The molecule has 0 fully saturated rings. The van der Waals surface area contributed by atoms with Crippen LogP contribution in [0.25, 0.3) is 11.5 Å². The quantitative estimate of drug-likeness (QED) is 0.895. The highest BCUT2D eigenvalue weighted by molar-refractivity contribution is 5.75. The summed E-state index contributed by atoms with van der Waals surface area (Å²) >= 11 is 0. The van der Waals surface area contributed by atoms with E-state index in [1.165, 1.54) is 0 Å². The number of hydrogen-bond acceptors (Lipinski definition) is 4. The van der Waals surface area contributed by atoms with Gasteiger partial charge in [-0.05, 0) is 18.6 Å². The van der Waals surface area contributed by atoms with Gasteiger partial charge in [-0.15, -0.1) is 10.2 Å². The monoisotopic (exact) mass is 245 g/mol. The number of nitrogens with zero attached hydrogens (tertiary/aromatic N) is 2. The second-order valence-corrected chi connectivity index (χ2v) is 3.95. The van der Waals surface area contributed by atoms with Crippen molar-refractivity contribution in [3.05, 3.63) is 35.7 Å². The molecule has 0 unspecified atom stereocenters. The zero-order valence-corrected chi connectivity index (χ0v) is 10.4. The van der Waals surface area contributed by atoms with Crippen molar-refractivity contribution in [3.8, 4) is 11.5 Å². The maximum absolute atomic E-state index is 11.1. The maximum atomic E-state index is 11.1. The van der Waals surface area contributed by atoms with Gasteiger partial charge in [0.2, 0.25) is 17.7 Å². The molecule has 0 aliphatic rings. The number of carbonyl (C=O) groups excluding carboxylic acids is 1. The SMILES string of the molecule is CCC(=O)NCc1nnc(-c2ccccc2C)o1. The van der Waals surface area contributed by atoms with Crippen LogP contribution in [-0.4, -0.2) is 16.1 Å². The van der Waals surface area contributed by atoms with Gasteiger partial charge >= 0.3 is 0 Å². The summed E-state index contributed by atoms with van der Waals surface area (Å²) in [6.07, 6.45) is 0.443. The normalized spacial score (nSPS) is 10.3. The van der Waals surface area contributed by atoms with Crippen LogP contribution in [0, 0.1) is 6.92 Å². The Hall–Kier alpha value is -2.17. The number of rotatable bonds is 4. The first kappa shape index (κ1) is 12.3. The van der Waals surface area contributed by atoms with Crippen LogP contribution in [0.15, 0.2) is 28.7 Å². The molecular formula is C13H15N3O2. The second-order valence-electron chi connectivity index (χ2n) is 3.95. The lowest BCUT2D eigenvalue weighted by Crippen LogP contribution is -2.21. The van der Waals surface area contributed by atoms with Crippen molar-refractivity contribution in [2.24, 2.45) is 0 Å². The third-order valence-electron chi connectivity index (χ3n) is 2.60. The summed E-state index contributed by atoms with van der Waals surface area (Å²) in [6.45, 7) is 4.05. The lowest BCUT2D eigenvalue weighted by Gasteiger charge is -1.99. The second kappa shape index (κ2) is 5.44. The van der Waals surface area contributed by atoms with E-state index in [0.29, 0.717) is 18.2 Å². The van der Waals surface area contributed by atoms with Crippen LogP contribution in [0.4, 0.5) is 0 Å². The van der Waals surface area contributed by atoms with E-state index in [1.807, 2.05) is 31.2 Å². The number of amides is 1. The molecule has 18 heavy (non-hydrogen) atoms. The number of aryl methyl sites for hydroxylation is 1. The Morgan fingerprint density at radius 3 is 2.83 bits per heavy atom. The van der Waals surface area contributed by atoms with E-state index in [-0.39, 0.29) is 12.5 Å². The first-order chi connectivity index (χ1) is 8.70. The predicted molar refractivity (Wildman–Crippen MR) is 66.6 cm³/mol. The highest BCUT2D eigenvalue weighted by Gasteiger charge is 2.10. The Morgan fingerprint density at radius 1 is 1.33 bits per heavy atom. The summed E-state index contributed by atoms with van der Waals surface area (Å²) in [7, 11) is 0. The molecule has 1 heterocycles. The van der Waals surface area contributed by atoms with Crippen LogP contribution in [0.1, 0.15) is 24.8 Å². The van der Waals surface area contributed by atoms with Gasteiger partial charge in [-0.25, -0.2) is 0 Å². The van der Waals surface area contributed by atoms with Crippen molar-refractivity contribution >= 4 is 5.91 Å². The molecule has 2 rings (SSSR count). The fourth-order valence-corrected chi connectivity index (χ4v) is 1.55. The summed E-state index contributed by atoms with van der Waals surface area (Å²) in [5, 5.41) is 10.6. The third-order valence-corrected chi connectivity index (χ3v) is 2.60. The summed E-state index contributed by atoms with van der Waals surface area (Å²) in [6, 6.07) is 7.79. The van der Waals surface area contributed by atoms with Crippen molar-refractivity contribution in [3.63, 3.8) is 0 Å². The van der Waals surface area contributed by atoms with Crippen LogP contribution in [0.5, 0.6) is 0 Å². The first-order valence-corrected chi connectivity index (χ1v) is 5.85. The molecule has 94 valence electrons.